The van der Waals surface area contributed by atoms with E-state index in [1.165, 1.54) is 30.3 Å². The van der Waals surface area contributed by atoms with Crippen molar-refractivity contribution in [2.45, 2.75) is 18.1 Å². The molecule has 34 heavy (non-hydrogen) atoms. The van der Waals surface area contributed by atoms with Crippen LogP contribution in [0, 0.1) is 10.1 Å². The van der Waals surface area contributed by atoms with E-state index in [2.05, 4.69) is 20.8 Å². The summed E-state index contributed by atoms with van der Waals surface area (Å²) in [6.07, 6.45) is 0. The molecule has 14 heteroatoms. The van der Waals surface area contributed by atoms with Crippen molar-refractivity contribution in [3.8, 4) is 0 Å². The Morgan fingerprint density at radius 1 is 1.12 bits per heavy atom. The Bertz CT molecular complexity index is 1270. The fourth-order valence-corrected chi connectivity index (χ4v) is 4.03. The zero-order valence-corrected chi connectivity index (χ0v) is 20.8. The van der Waals surface area contributed by atoms with Crippen LogP contribution in [0.3, 0.4) is 0 Å². The minimum absolute atomic E-state index is 0.0466. The lowest BCUT2D eigenvalue weighted by atomic mass is 10.2. The number of carbonyl (C=O) groups is 2. The van der Waals surface area contributed by atoms with Crippen LogP contribution in [0.1, 0.15) is 29.1 Å². The molecule has 178 valence electrons. The van der Waals surface area contributed by atoms with E-state index in [1.807, 2.05) is 0 Å². The Morgan fingerprint density at radius 3 is 2.50 bits per heavy atom. The van der Waals surface area contributed by atoms with Gasteiger partial charge in [-0.25, -0.2) is 0 Å². The number of thioether (sulfide) groups is 1. The molecule has 0 unspecified atom stereocenters. The number of amides is 2. The van der Waals surface area contributed by atoms with Crippen LogP contribution in [0.4, 0.5) is 11.4 Å². The Balaban J connectivity index is 1.61. The highest BCUT2D eigenvalue weighted by Gasteiger charge is 2.20. The van der Waals surface area contributed by atoms with Gasteiger partial charge in [0, 0.05) is 24.7 Å². The summed E-state index contributed by atoms with van der Waals surface area (Å²) in [7, 11) is 1.70. The van der Waals surface area contributed by atoms with Crippen LogP contribution in [0.5, 0.6) is 0 Å². The van der Waals surface area contributed by atoms with E-state index in [4.69, 9.17) is 34.8 Å². The van der Waals surface area contributed by atoms with E-state index in [9.17, 15) is 19.7 Å². The predicted molar refractivity (Wildman–Crippen MR) is 131 cm³/mol. The summed E-state index contributed by atoms with van der Waals surface area (Å²) in [6, 6.07) is 7.83. The molecule has 0 radical (unpaired) electrons. The van der Waals surface area contributed by atoms with Crippen molar-refractivity contribution >= 4 is 69.8 Å². The number of halogens is 3. The number of anilines is 1. The van der Waals surface area contributed by atoms with E-state index in [1.54, 1.807) is 24.6 Å². The smallest absolute Gasteiger partial charge is 0.271 e. The molecule has 1 atom stereocenters. The van der Waals surface area contributed by atoms with Crippen LogP contribution >= 0.6 is 46.6 Å². The monoisotopic (exact) mass is 542 g/mol. The molecular formula is C20H17Cl3N6O4S. The van der Waals surface area contributed by atoms with Gasteiger partial charge >= 0.3 is 0 Å². The fourth-order valence-electron chi connectivity index (χ4n) is 2.85. The molecule has 3 rings (SSSR count). The maximum absolute atomic E-state index is 12.5. The third-order valence-corrected chi connectivity index (χ3v) is 6.64. The lowest BCUT2D eigenvalue weighted by Crippen LogP contribution is -2.28. The van der Waals surface area contributed by atoms with E-state index in [-0.39, 0.29) is 33.1 Å². The molecule has 1 heterocycles. The molecular weight excluding hydrogens is 527 g/mol. The van der Waals surface area contributed by atoms with Crippen LogP contribution in [0.15, 0.2) is 41.6 Å². The number of non-ortho nitro benzene ring substituents is 1. The van der Waals surface area contributed by atoms with Crippen LogP contribution in [0.2, 0.25) is 15.1 Å². The lowest BCUT2D eigenvalue weighted by molar-refractivity contribution is -0.384. The molecule has 0 aliphatic carbocycles. The van der Waals surface area contributed by atoms with E-state index in [0.29, 0.717) is 21.6 Å². The first-order valence-electron chi connectivity index (χ1n) is 9.58. The van der Waals surface area contributed by atoms with Crippen molar-refractivity contribution < 1.29 is 14.5 Å². The number of carbonyl (C=O) groups excluding carboxylic acids is 2. The highest BCUT2D eigenvalue weighted by Crippen LogP contribution is 2.27. The number of nitro groups is 1. The third kappa shape index (κ3) is 6.17. The van der Waals surface area contributed by atoms with Gasteiger partial charge in [0.25, 0.3) is 11.6 Å². The number of hydrogen-bond donors (Lipinski definition) is 2. The summed E-state index contributed by atoms with van der Waals surface area (Å²) in [4.78, 5) is 35.2. The van der Waals surface area contributed by atoms with Gasteiger partial charge in [-0.15, -0.1) is 10.2 Å². The maximum Gasteiger partial charge on any atom is 0.271 e. The van der Waals surface area contributed by atoms with E-state index in [0.717, 1.165) is 11.8 Å². The van der Waals surface area contributed by atoms with Gasteiger partial charge in [-0.2, -0.15) is 0 Å². The minimum Gasteiger partial charge on any atom is -0.342 e. The first kappa shape index (κ1) is 25.8. The van der Waals surface area contributed by atoms with Gasteiger partial charge < -0.3 is 15.2 Å². The molecule has 2 N–H and O–H groups in total. The first-order valence-corrected chi connectivity index (χ1v) is 11.7. The van der Waals surface area contributed by atoms with Crippen molar-refractivity contribution in [3.05, 3.63) is 73.0 Å². The van der Waals surface area contributed by atoms with Crippen LogP contribution in [0.25, 0.3) is 0 Å². The van der Waals surface area contributed by atoms with E-state index < -0.39 is 16.9 Å². The number of nitrogens with zero attached hydrogens (tertiary/aromatic N) is 4. The maximum atomic E-state index is 12.5. The van der Waals surface area contributed by atoms with Crippen LogP contribution < -0.4 is 10.6 Å². The normalized spacial score (nSPS) is 11.7. The molecule has 1 aromatic heterocycles. The summed E-state index contributed by atoms with van der Waals surface area (Å²) in [5, 5.41) is 25.7. The second kappa shape index (κ2) is 11.0. The topological polar surface area (TPSA) is 132 Å². The number of rotatable bonds is 8. The number of nitro benzene ring substituents is 1. The molecule has 0 aliphatic rings. The molecule has 2 aromatic carbocycles. The lowest BCUT2D eigenvalue weighted by Gasteiger charge is -2.14. The zero-order valence-electron chi connectivity index (χ0n) is 17.7. The highest BCUT2D eigenvalue weighted by atomic mass is 35.5. The third-order valence-electron chi connectivity index (χ3n) is 4.55. The molecule has 0 bridgehead atoms. The SMILES string of the molecule is C[C@@H](NC(=O)c1ccc(Cl)c(Cl)c1)c1nnc(SCC(=O)Nc2cc([N+](=O)[O-])ccc2Cl)n1C. The van der Waals surface area contributed by atoms with Gasteiger partial charge in [-0.3, -0.25) is 19.7 Å². The van der Waals surface area contributed by atoms with Crippen LogP contribution in [-0.4, -0.2) is 37.3 Å². The quantitative estimate of drug-likeness (QED) is 0.234. The highest BCUT2D eigenvalue weighted by molar-refractivity contribution is 7.99. The number of aromatic nitrogens is 3. The Kier molecular flexibility index (Phi) is 8.37. The molecule has 2 amide bonds. The van der Waals surface area contributed by atoms with Gasteiger partial charge in [-0.1, -0.05) is 46.6 Å². The standard InChI is InChI=1S/C20H17Cl3N6O4S/c1-10(24-19(31)11-3-5-13(21)15(23)7-11)18-26-27-20(28(18)2)34-9-17(30)25-16-8-12(29(32)33)4-6-14(16)22/h3-8,10H,9H2,1-2H3,(H,24,31)(H,25,30)/t10-/m1/s1. The average Bonchev–Trinajstić information content (AvgIpc) is 3.15. The van der Waals surface area contributed by atoms with Crippen molar-refractivity contribution in [2.75, 3.05) is 11.1 Å². The largest absolute Gasteiger partial charge is 0.342 e. The average molecular weight is 544 g/mol. The summed E-state index contributed by atoms with van der Waals surface area (Å²) < 4.78 is 1.65. The molecule has 0 saturated carbocycles. The van der Waals surface area contributed by atoms with Crippen molar-refractivity contribution in [2.24, 2.45) is 7.05 Å². The minimum atomic E-state index is -0.580. The Morgan fingerprint density at radius 2 is 1.82 bits per heavy atom. The van der Waals surface area contributed by atoms with Crippen LogP contribution in [-0.2, 0) is 11.8 Å². The van der Waals surface area contributed by atoms with Gasteiger partial charge in [0.2, 0.25) is 5.91 Å². The Labute approximate surface area is 213 Å². The number of hydrogen-bond acceptors (Lipinski definition) is 7. The summed E-state index contributed by atoms with van der Waals surface area (Å²) in [5.74, 6) is -0.373. The zero-order chi connectivity index (χ0) is 25.0. The fraction of sp³-hybridized carbons (Fsp3) is 0.200. The van der Waals surface area contributed by atoms with Crippen molar-refractivity contribution in [1.29, 1.82) is 0 Å². The molecule has 10 nitrogen and oxygen atoms in total. The van der Waals surface area contributed by atoms with Gasteiger partial charge in [0.1, 0.15) is 0 Å². The second-order valence-corrected chi connectivity index (χ2v) is 9.15. The molecule has 0 spiro atoms. The summed E-state index contributed by atoms with van der Waals surface area (Å²) in [6.45, 7) is 1.74. The van der Waals surface area contributed by atoms with Crippen molar-refractivity contribution in [3.63, 3.8) is 0 Å². The summed E-state index contributed by atoms with van der Waals surface area (Å²) >= 11 is 19.0. The molecule has 0 aliphatic heterocycles. The van der Waals surface area contributed by atoms with Gasteiger partial charge in [0.05, 0.1) is 37.5 Å². The first-order chi connectivity index (χ1) is 16.1. The molecule has 0 fully saturated rings. The van der Waals surface area contributed by atoms with Gasteiger partial charge in [0.15, 0.2) is 11.0 Å². The van der Waals surface area contributed by atoms with E-state index >= 15 is 0 Å². The molecule has 0 saturated heterocycles. The van der Waals surface area contributed by atoms with Crippen molar-refractivity contribution in [1.82, 2.24) is 20.1 Å². The Hall–Kier alpha value is -2.86. The predicted octanol–water partition coefficient (Wildman–Crippen LogP) is 4.91. The van der Waals surface area contributed by atoms with Gasteiger partial charge in [-0.05, 0) is 31.2 Å². The molecule has 3 aromatic rings. The number of nitrogens with one attached hydrogen (secondary N) is 2. The number of benzene rings is 2. The second-order valence-electron chi connectivity index (χ2n) is 6.98. The summed E-state index contributed by atoms with van der Waals surface area (Å²) in [5.41, 5.74) is 0.287.